The van der Waals surface area contributed by atoms with Crippen molar-refractivity contribution in [2.45, 2.75) is 83.7 Å². The van der Waals surface area contributed by atoms with Crippen molar-refractivity contribution in [2.75, 3.05) is 16.0 Å². The SMILES string of the molecule is CC(C(=O)CCc1ccccc1)c1scc(-c2ccc(Br)cc2)c1C(=O)O.CC(C(=O)Nc1scc(-c2ccc(Br)cc2)c1C(=O)O)C(C)c1ccccc1.O=C(CCc1ccccc1)Nc1scc(-c2cc3ccccc3o2)c1C(=O)O.O=C(Cc1cccc(F)c1)Cc1scc(-c2ccc(Br)cc2)c1C(=O)O.O=C(O)c1c(-c2ccc(Cl)cc2)csc1NC(=O)C(F)Cc1ccccc1. The number of carboxylic acid groups (broad SMARTS) is 5. The molecular weight excluding hydrogens is 2040 g/mol. The molecule has 6 heterocycles. The predicted molar refractivity (Wildman–Crippen MR) is 548 cm³/mol. The first-order valence-corrected chi connectivity index (χ1v) is 49.3. The lowest BCUT2D eigenvalue weighted by atomic mass is 9.88. The van der Waals surface area contributed by atoms with Gasteiger partial charge in [0.2, 0.25) is 11.8 Å². The van der Waals surface area contributed by atoms with Gasteiger partial charge in [0.05, 0.1) is 17.0 Å². The highest BCUT2D eigenvalue weighted by molar-refractivity contribution is 9.11. The minimum atomic E-state index is -1.78. The molecule has 3 amide bonds. The van der Waals surface area contributed by atoms with Crippen molar-refractivity contribution in [1.29, 1.82) is 0 Å². The van der Waals surface area contributed by atoms with Crippen LogP contribution in [0, 0.1) is 11.7 Å². The van der Waals surface area contributed by atoms with Crippen molar-refractivity contribution in [1.82, 2.24) is 0 Å². The Morgan fingerprint density at radius 3 is 1.30 bits per heavy atom. The van der Waals surface area contributed by atoms with Crippen LogP contribution in [0.3, 0.4) is 0 Å². The highest BCUT2D eigenvalue weighted by Gasteiger charge is 2.32. The van der Waals surface area contributed by atoms with Crippen LogP contribution in [-0.2, 0) is 56.1 Å². The van der Waals surface area contributed by atoms with E-state index in [-0.39, 0.29) is 93.7 Å². The predicted octanol–water partition coefficient (Wildman–Crippen LogP) is 28.5. The number of carbonyl (C=O) groups is 10. The lowest BCUT2D eigenvalue weighted by Crippen LogP contribution is -2.26. The molecule has 4 atom stereocenters. The van der Waals surface area contributed by atoms with Crippen molar-refractivity contribution in [2.24, 2.45) is 5.92 Å². The Bertz CT molecular complexity index is 6880. The molecule has 0 bridgehead atoms. The number of nitrogens with one attached hydrogen (secondary N) is 3. The molecule has 0 fully saturated rings. The molecule has 8 N–H and O–H groups in total. The number of Topliss-reactive ketones (excluding diaryl/α,β-unsaturated/α-hetero) is 2. The van der Waals surface area contributed by atoms with Gasteiger partial charge in [-0.1, -0.05) is 280 Å². The summed E-state index contributed by atoms with van der Waals surface area (Å²) in [5.74, 6) is -7.43. The number of carbonyl (C=O) groups excluding carboxylic acids is 5. The fourth-order valence-electron chi connectivity index (χ4n) is 14.4. The maximum atomic E-state index is 14.3. The van der Waals surface area contributed by atoms with Crippen molar-refractivity contribution in [3.63, 3.8) is 0 Å². The zero-order valence-electron chi connectivity index (χ0n) is 72.7. The number of halogens is 6. The van der Waals surface area contributed by atoms with Gasteiger partial charge in [-0.2, -0.15) is 0 Å². The molecule has 0 spiro atoms. The van der Waals surface area contributed by atoms with Crippen LogP contribution in [-0.4, -0.2) is 90.8 Å². The van der Waals surface area contributed by atoms with Gasteiger partial charge in [0.15, 0.2) is 6.17 Å². The second kappa shape index (κ2) is 48.9. The third-order valence-electron chi connectivity index (χ3n) is 21.7. The summed E-state index contributed by atoms with van der Waals surface area (Å²) in [6.07, 6.45) is 0.159. The number of furan rings is 1. The number of amides is 3. The molecule has 30 heteroatoms. The quantitative estimate of drug-likeness (QED) is 0.0200. The Labute approximate surface area is 831 Å². The molecule has 136 heavy (non-hydrogen) atoms. The maximum absolute atomic E-state index is 14.3. The van der Waals surface area contributed by atoms with Crippen molar-refractivity contribution >= 4 is 201 Å². The van der Waals surface area contributed by atoms with Crippen LogP contribution >= 0.6 is 116 Å². The van der Waals surface area contributed by atoms with Crippen LogP contribution in [0.15, 0.2) is 318 Å². The van der Waals surface area contributed by atoms with Gasteiger partial charge in [-0.25, -0.2) is 32.8 Å². The van der Waals surface area contributed by atoms with Crippen molar-refractivity contribution in [3.05, 3.63) is 390 Å². The van der Waals surface area contributed by atoms with Crippen molar-refractivity contribution in [3.8, 4) is 55.8 Å². The molecule has 0 aliphatic carbocycles. The molecule has 0 radical (unpaired) electrons. The fraction of sp³-hybridized carbons (Fsp3) is 0.132. The Morgan fingerprint density at radius 1 is 0.404 bits per heavy atom. The Balaban J connectivity index is 0.000000153. The van der Waals surface area contributed by atoms with E-state index in [1.54, 1.807) is 95.2 Å². The van der Waals surface area contributed by atoms with Crippen LogP contribution in [0.5, 0.6) is 0 Å². The number of ketones is 2. The van der Waals surface area contributed by atoms with Crippen LogP contribution in [0.2, 0.25) is 5.02 Å². The molecule has 6 aromatic heterocycles. The molecule has 0 aliphatic rings. The summed E-state index contributed by atoms with van der Waals surface area (Å²) in [6.45, 7) is 5.66. The van der Waals surface area contributed by atoms with Crippen LogP contribution in [0.4, 0.5) is 23.8 Å². The Kier molecular flexibility index (Phi) is 36.6. The third-order valence-corrected chi connectivity index (χ3v) is 28.4. The highest BCUT2D eigenvalue weighted by atomic mass is 79.9. The van der Waals surface area contributed by atoms with E-state index in [2.05, 4.69) is 63.7 Å². The van der Waals surface area contributed by atoms with Crippen LogP contribution in [0.1, 0.15) is 135 Å². The third kappa shape index (κ3) is 27.6. The standard InChI is InChI=1S/C22H20BrNO3S.C22H19BrO3S.C22H17NO4S.C20H14BrFO3S.C20H15ClFNO3S/c1-13(15-6-4-3-5-7-15)14(2)20(25)24-21-19(22(26)27)18(12-28-21)16-8-10-17(23)11-9-16;1-14(19(24)12-7-15-5-3-2-4-6-15)21-20(22(25)26)18(13-27-21)16-8-10-17(23)11-9-16;24-19(11-10-14-6-2-1-3-7-14)23-21-20(22(25)26)16(13-28-21)18-12-15-8-4-5-9-17(15)27-18;21-14-6-4-13(5-7-14)17-11-26-18(19(17)20(24)25)10-16(23)9-12-2-1-3-15(22)8-12;21-14-8-6-13(7-9-14)15-11-27-19(17(15)20(25)26)23-18(24)16(22)10-12-4-2-1-3-5-12/h3-14H,1-2H3,(H,24,25)(H,26,27);2-6,8-11,13-14H,7,12H2,1H3,(H,25,26);1-9,12-13H,10-11H2,(H,23,24)(H,25,26);1-8,11H,9-10H2,(H,24,25);1-9,11,16H,10H2,(H,23,24)(H,25,26). The molecular formula is C106H85Br3ClF2N3O16S5. The summed E-state index contributed by atoms with van der Waals surface area (Å²) < 4.78 is 36.1. The summed E-state index contributed by atoms with van der Waals surface area (Å²) in [6, 6.07) is 82.3. The van der Waals surface area contributed by atoms with Crippen LogP contribution in [0.25, 0.3) is 66.8 Å². The average Bonchev–Trinajstić information content (AvgIpc) is 1.65. The molecule has 0 saturated heterocycles. The molecule has 0 aliphatic heterocycles. The molecule has 4 unspecified atom stereocenters. The van der Waals surface area contributed by atoms with Gasteiger partial charge in [-0.15, -0.1) is 56.7 Å². The van der Waals surface area contributed by atoms with Gasteiger partial charge in [0, 0.05) is 116 Å². The van der Waals surface area contributed by atoms with E-state index in [1.807, 2.05) is 213 Å². The zero-order valence-corrected chi connectivity index (χ0v) is 82.3. The van der Waals surface area contributed by atoms with E-state index in [0.717, 1.165) is 63.5 Å². The van der Waals surface area contributed by atoms with Crippen molar-refractivity contribution < 1.29 is 86.7 Å². The summed E-state index contributed by atoms with van der Waals surface area (Å²) in [7, 11) is 0. The molecule has 10 aromatic carbocycles. The van der Waals surface area contributed by atoms with E-state index in [9.17, 15) is 82.3 Å². The fourth-order valence-corrected chi connectivity index (χ4v) is 20.4. The number of alkyl halides is 1. The lowest BCUT2D eigenvalue weighted by molar-refractivity contribution is -0.121. The Morgan fingerprint density at radius 2 is 0.809 bits per heavy atom. The van der Waals surface area contributed by atoms with E-state index >= 15 is 0 Å². The van der Waals surface area contributed by atoms with Gasteiger partial charge < -0.3 is 45.9 Å². The molecule has 16 rings (SSSR count). The summed E-state index contributed by atoms with van der Waals surface area (Å²) in [5, 5.41) is 67.3. The normalized spacial score (nSPS) is 11.7. The van der Waals surface area contributed by atoms with Gasteiger partial charge in [-0.3, -0.25) is 24.0 Å². The van der Waals surface area contributed by atoms with Gasteiger partial charge in [0.1, 0.15) is 60.4 Å². The second-order valence-electron chi connectivity index (χ2n) is 31.0. The van der Waals surface area contributed by atoms with E-state index in [4.69, 9.17) is 16.0 Å². The average molecular weight is 2130 g/mol. The topological polar surface area (TPSA) is 321 Å². The number of thiophene rings is 5. The largest absolute Gasteiger partial charge is 0.478 e. The number of fused-ring (bicyclic) bond motifs is 1. The Hall–Kier alpha value is -13.1. The number of carboxylic acids is 5. The van der Waals surface area contributed by atoms with E-state index < -0.39 is 53.7 Å². The lowest BCUT2D eigenvalue weighted by Gasteiger charge is -2.19. The summed E-state index contributed by atoms with van der Waals surface area (Å²) in [4.78, 5) is 123. The number of para-hydroxylation sites is 1. The highest BCUT2D eigenvalue weighted by Crippen LogP contribution is 2.43. The first-order valence-electron chi connectivity index (χ1n) is 42.1. The zero-order chi connectivity index (χ0) is 97.2. The van der Waals surface area contributed by atoms with Crippen LogP contribution < -0.4 is 16.0 Å². The van der Waals surface area contributed by atoms with E-state index in [1.165, 1.54) is 57.5 Å². The molecule has 0 saturated carbocycles. The number of benzene rings is 10. The number of anilines is 3. The van der Waals surface area contributed by atoms with Gasteiger partial charge in [0.25, 0.3) is 5.91 Å². The number of aromatic carboxylic acids is 5. The minimum absolute atomic E-state index is 0.0132. The summed E-state index contributed by atoms with van der Waals surface area (Å²) in [5.41, 5.74) is 11.5. The molecule has 19 nitrogen and oxygen atoms in total. The molecule has 16 aromatic rings. The second-order valence-corrected chi connectivity index (χ2v) is 38.6. The number of aryl methyl sites for hydroxylation is 2. The number of hydrogen-bond donors (Lipinski definition) is 8. The number of rotatable bonds is 31. The first kappa shape index (κ1) is 102. The van der Waals surface area contributed by atoms with Gasteiger partial charge in [-0.05, 0) is 152 Å². The first-order chi connectivity index (χ1) is 65.4. The van der Waals surface area contributed by atoms with Gasteiger partial charge >= 0.3 is 29.8 Å². The maximum Gasteiger partial charge on any atom is 0.339 e. The monoisotopic (exact) mass is 2130 g/mol. The minimum Gasteiger partial charge on any atom is -0.478 e. The molecule has 692 valence electrons. The summed E-state index contributed by atoms with van der Waals surface area (Å²) >= 11 is 22.1. The van der Waals surface area contributed by atoms with E-state index in [0.29, 0.717) is 99.9 Å². The smallest absolute Gasteiger partial charge is 0.339 e. The number of hydrogen-bond acceptors (Lipinski definition) is 16.